The number of hydrogen-bond acceptors (Lipinski definition) is 3. The number of nitrogens with zero attached hydrogens (tertiary/aromatic N) is 1. The maximum atomic E-state index is 12.1. The summed E-state index contributed by atoms with van der Waals surface area (Å²) in [5.74, 6) is -0.0596. The normalized spacial score (nSPS) is 17.1. The third kappa shape index (κ3) is 6.25. The van der Waals surface area contributed by atoms with E-state index in [9.17, 15) is 9.59 Å². The van der Waals surface area contributed by atoms with Gasteiger partial charge in [-0.05, 0) is 24.6 Å². The van der Waals surface area contributed by atoms with Crippen molar-refractivity contribution in [2.24, 2.45) is 0 Å². The molecule has 6 nitrogen and oxygen atoms in total. The van der Waals surface area contributed by atoms with Gasteiger partial charge in [-0.2, -0.15) is 0 Å². The van der Waals surface area contributed by atoms with Crippen LogP contribution in [0.2, 0.25) is 5.02 Å². The van der Waals surface area contributed by atoms with Crippen LogP contribution in [0.5, 0.6) is 0 Å². The molecule has 1 saturated heterocycles. The summed E-state index contributed by atoms with van der Waals surface area (Å²) in [6, 6.07) is 7.02. The third-order valence-electron chi connectivity index (χ3n) is 3.59. The number of amides is 3. The van der Waals surface area contributed by atoms with E-state index in [1.807, 2.05) is 19.1 Å². The van der Waals surface area contributed by atoms with Crippen LogP contribution in [0.3, 0.4) is 0 Å². The molecular weight excluding hydrogens is 339 g/mol. The molecule has 2 rings (SSSR count). The molecule has 1 aliphatic heterocycles. The van der Waals surface area contributed by atoms with E-state index in [1.165, 1.54) is 0 Å². The lowest BCUT2D eigenvalue weighted by Crippen LogP contribution is -2.55. The first-order valence-electron chi connectivity index (χ1n) is 7.32. The molecule has 0 bridgehead atoms. The van der Waals surface area contributed by atoms with E-state index in [4.69, 9.17) is 11.6 Å². The summed E-state index contributed by atoms with van der Waals surface area (Å²) in [5.41, 5.74) is 0.946. The number of urea groups is 1. The predicted octanol–water partition coefficient (Wildman–Crippen LogP) is 1.38. The summed E-state index contributed by atoms with van der Waals surface area (Å²) in [7, 11) is 0. The highest BCUT2D eigenvalue weighted by molar-refractivity contribution is 6.30. The van der Waals surface area contributed by atoms with E-state index >= 15 is 0 Å². The fourth-order valence-corrected chi connectivity index (χ4v) is 2.44. The highest BCUT2D eigenvalue weighted by Gasteiger charge is 2.22. The highest BCUT2D eigenvalue weighted by atomic mass is 35.5. The molecule has 1 aromatic carbocycles. The molecule has 0 aliphatic carbocycles. The number of piperazine rings is 1. The van der Waals surface area contributed by atoms with Crippen molar-refractivity contribution in [3.63, 3.8) is 0 Å². The second-order valence-electron chi connectivity index (χ2n) is 5.30. The lowest BCUT2D eigenvalue weighted by molar-refractivity contribution is -0.132. The first-order valence-corrected chi connectivity index (χ1v) is 7.70. The van der Waals surface area contributed by atoms with Crippen LogP contribution in [0.4, 0.5) is 4.79 Å². The van der Waals surface area contributed by atoms with Crippen molar-refractivity contribution in [1.82, 2.24) is 20.9 Å². The third-order valence-corrected chi connectivity index (χ3v) is 3.84. The van der Waals surface area contributed by atoms with E-state index in [0.717, 1.165) is 18.7 Å². The summed E-state index contributed by atoms with van der Waals surface area (Å²) < 4.78 is 0. The van der Waals surface area contributed by atoms with E-state index < -0.39 is 0 Å². The zero-order valence-electron chi connectivity index (χ0n) is 13.0. The molecular formula is C15H22Cl2N4O2. The molecule has 0 aromatic heterocycles. The van der Waals surface area contributed by atoms with Gasteiger partial charge in [0.15, 0.2) is 0 Å². The molecule has 1 aliphatic rings. The van der Waals surface area contributed by atoms with Gasteiger partial charge >= 0.3 is 6.03 Å². The summed E-state index contributed by atoms with van der Waals surface area (Å²) in [6.07, 6.45) is 0. The lowest BCUT2D eigenvalue weighted by atomic mass is 10.2. The van der Waals surface area contributed by atoms with Crippen molar-refractivity contribution in [3.8, 4) is 0 Å². The Morgan fingerprint density at radius 1 is 1.30 bits per heavy atom. The number of halogens is 2. The monoisotopic (exact) mass is 360 g/mol. The Labute approximate surface area is 147 Å². The minimum Gasteiger partial charge on any atom is -0.336 e. The minimum absolute atomic E-state index is 0. The summed E-state index contributed by atoms with van der Waals surface area (Å²) in [5, 5.41) is 9.19. The van der Waals surface area contributed by atoms with Crippen LogP contribution in [0, 0.1) is 0 Å². The Kier molecular flexibility index (Phi) is 8.16. The van der Waals surface area contributed by atoms with Gasteiger partial charge in [0.1, 0.15) is 0 Å². The van der Waals surface area contributed by atoms with Crippen LogP contribution in [-0.2, 0) is 11.3 Å². The van der Waals surface area contributed by atoms with Crippen LogP contribution in [-0.4, -0.2) is 49.1 Å². The van der Waals surface area contributed by atoms with Gasteiger partial charge in [-0.3, -0.25) is 4.79 Å². The van der Waals surface area contributed by atoms with Crippen molar-refractivity contribution in [2.45, 2.75) is 19.5 Å². The van der Waals surface area contributed by atoms with Crippen LogP contribution in [0.1, 0.15) is 12.5 Å². The molecule has 1 heterocycles. The minimum atomic E-state index is -0.355. The molecule has 1 aromatic rings. The van der Waals surface area contributed by atoms with E-state index in [0.29, 0.717) is 18.1 Å². The maximum absolute atomic E-state index is 12.1. The zero-order valence-corrected chi connectivity index (χ0v) is 14.5. The molecule has 23 heavy (non-hydrogen) atoms. The van der Waals surface area contributed by atoms with Crippen LogP contribution in [0.25, 0.3) is 0 Å². The van der Waals surface area contributed by atoms with Gasteiger partial charge in [0.2, 0.25) is 5.91 Å². The van der Waals surface area contributed by atoms with Crippen LogP contribution in [0.15, 0.2) is 24.3 Å². The Bertz CT molecular complexity index is 525. The van der Waals surface area contributed by atoms with Crippen molar-refractivity contribution in [1.29, 1.82) is 0 Å². The maximum Gasteiger partial charge on any atom is 0.315 e. The van der Waals surface area contributed by atoms with Gasteiger partial charge in [-0.1, -0.05) is 23.7 Å². The smallest absolute Gasteiger partial charge is 0.315 e. The first kappa shape index (κ1) is 19.5. The Morgan fingerprint density at radius 3 is 2.65 bits per heavy atom. The SMILES string of the molecule is C[C@H]1CNCCN1C(=O)CNC(=O)NCc1ccc(Cl)cc1.Cl. The lowest BCUT2D eigenvalue weighted by Gasteiger charge is -2.34. The van der Waals surface area contributed by atoms with E-state index in [2.05, 4.69) is 16.0 Å². The van der Waals surface area contributed by atoms with Gasteiger partial charge < -0.3 is 20.9 Å². The summed E-state index contributed by atoms with van der Waals surface area (Å²) >= 11 is 5.80. The van der Waals surface area contributed by atoms with Crippen molar-refractivity contribution >= 4 is 35.9 Å². The first-order chi connectivity index (χ1) is 10.6. The molecule has 0 saturated carbocycles. The molecule has 3 N–H and O–H groups in total. The molecule has 0 spiro atoms. The van der Waals surface area contributed by atoms with Crippen LogP contribution < -0.4 is 16.0 Å². The van der Waals surface area contributed by atoms with Gasteiger partial charge in [-0.15, -0.1) is 12.4 Å². The average Bonchev–Trinajstić information content (AvgIpc) is 2.52. The molecule has 3 amide bonds. The number of rotatable bonds is 4. The number of carbonyl (C=O) groups is 2. The molecule has 128 valence electrons. The highest BCUT2D eigenvalue weighted by Crippen LogP contribution is 2.09. The molecule has 1 atom stereocenters. The molecule has 8 heteroatoms. The van der Waals surface area contributed by atoms with Crippen LogP contribution >= 0.6 is 24.0 Å². The quantitative estimate of drug-likeness (QED) is 0.759. The number of carbonyl (C=O) groups excluding carboxylic acids is 2. The van der Waals surface area contributed by atoms with Gasteiger partial charge in [0, 0.05) is 37.2 Å². The average molecular weight is 361 g/mol. The van der Waals surface area contributed by atoms with Crippen molar-refractivity contribution < 1.29 is 9.59 Å². The predicted molar refractivity (Wildman–Crippen MR) is 93.0 cm³/mol. The number of benzene rings is 1. The van der Waals surface area contributed by atoms with E-state index in [1.54, 1.807) is 17.0 Å². The summed E-state index contributed by atoms with van der Waals surface area (Å²) in [6.45, 7) is 4.64. The molecule has 1 fully saturated rings. The second-order valence-corrected chi connectivity index (χ2v) is 5.74. The Balaban J connectivity index is 0.00000264. The van der Waals surface area contributed by atoms with Crippen molar-refractivity contribution in [2.75, 3.05) is 26.2 Å². The fraction of sp³-hybridized carbons (Fsp3) is 0.467. The largest absolute Gasteiger partial charge is 0.336 e. The Hall–Kier alpha value is -1.50. The molecule has 0 radical (unpaired) electrons. The second kappa shape index (κ2) is 9.60. The summed E-state index contributed by atoms with van der Waals surface area (Å²) in [4.78, 5) is 25.6. The number of nitrogens with one attached hydrogen (secondary N) is 3. The molecule has 0 unspecified atom stereocenters. The fourth-order valence-electron chi connectivity index (χ4n) is 2.32. The number of hydrogen-bond donors (Lipinski definition) is 3. The van der Waals surface area contributed by atoms with Gasteiger partial charge in [0.05, 0.1) is 6.54 Å². The topological polar surface area (TPSA) is 73.5 Å². The Morgan fingerprint density at radius 2 is 2.00 bits per heavy atom. The van der Waals surface area contributed by atoms with Gasteiger partial charge in [-0.25, -0.2) is 4.79 Å². The van der Waals surface area contributed by atoms with Gasteiger partial charge in [0.25, 0.3) is 0 Å². The zero-order chi connectivity index (χ0) is 15.9. The van der Waals surface area contributed by atoms with E-state index in [-0.39, 0.29) is 36.9 Å². The standard InChI is InChI=1S/C15H21ClN4O2.ClH/c1-11-8-17-6-7-20(11)14(21)10-19-15(22)18-9-12-2-4-13(16)5-3-12;/h2-5,11,17H,6-10H2,1H3,(H2,18,19,22);1H/t11-;/m0./s1. The van der Waals surface area contributed by atoms with Crippen molar-refractivity contribution in [3.05, 3.63) is 34.9 Å².